The average Bonchev–Trinajstić information content (AvgIpc) is 2.45. The van der Waals surface area contributed by atoms with Gasteiger partial charge in [0.15, 0.2) is 0 Å². The van der Waals surface area contributed by atoms with E-state index < -0.39 is 6.10 Å². The zero-order chi connectivity index (χ0) is 14.4. The van der Waals surface area contributed by atoms with Crippen molar-refractivity contribution in [3.63, 3.8) is 0 Å². The van der Waals surface area contributed by atoms with Gasteiger partial charge in [0, 0.05) is 5.56 Å². The van der Waals surface area contributed by atoms with E-state index in [1.165, 1.54) is 32.1 Å². The summed E-state index contributed by atoms with van der Waals surface area (Å²) in [5.74, 6) is 1.85. The van der Waals surface area contributed by atoms with Gasteiger partial charge in [-0.05, 0) is 37.0 Å². The molecule has 1 saturated carbocycles. The van der Waals surface area contributed by atoms with E-state index in [2.05, 4.69) is 0 Å². The first kappa shape index (κ1) is 15.2. The number of hydrogen-bond donors (Lipinski definition) is 1. The smallest absolute Gasteiger partial charge is 0.124 e. The number of ether oxygens (including phenoxy) is 2. The van der Waals surface area contributed by atoms with Gasteiger partial charge in [0.1, 0.15) is 11.5 Å². The van der Waals surface area contributed by atoms with Crippen LogP contribution in [0.25, 0.3) is 0 Å². The van der Waals surface area contributed by atoms with Crippen LogP contribution >= 0.6 is 0 Å². The van der Waals surface area contributed by atoms with E-state index in [0.717, 1.165) is 29.9 Å². The standard InChI is InChI=1S/C17H26O3/c1-19-14-10-11-16(20-2)15(12-14)17(18)13-8-6-4-3-5-7-9-13/h10-13,17-18H,3-9H2,1-2H3. The summed E-state index contributed by atoms with van der Waals surface area (Å²) in [5, 5.41) is 10.8. The van der Waals surface area contributed by atoms with Gasteiger partial charge in [-0.3, -0.25) is 0 Å². The summed E-state index contributed by atoms with van der Waals surface area (Å²) >= 11 is 0. The van der Waals surface area contributed by atoms with Crippen LogP contribution in [-0.2, 0) is 0 Å². The molecule has 1 atom stereocenters. The predicted octanol–water partition coefficient (Wildman–Crippen LogP) is 4.10. The number of aliphatic hydroxyl groups is 1. The topological polar surface area (TPSA) is 38.7 Å². The van der Waals surface area contributed by atoms with Crippen LogP contribution in [0.5, 0.6) is 11.5 Å². The first-order valence-electron chi connectivity index (χ1n) is 7.66. The van der Waals surface area contributed by atoms with Crippen molar-refractivity contribution in [1.82, 2.24) is 0 Å². The molecule has 112 valence electrons. The molecule has 0 radical (unpaired) electrons. The third-order valence-electron chi connectivity index (χ3n) is 4.35. The van der Waals surface area contributed by atoms with Gasteiger partial charge in [0.05, 0.1) is 20.3 Å². The van der Waals surface area contributed by atoms with Gasteiger partial charge >= 0.3 is 0 Å². The second kappa shape index (κ2) is 7.53. The van der Waals surface area contributed by atoms with Crippen LogP contribution in [0.4, 0.5) is 0 Å². The van der Waals surface area contributed by atoms with Gasteiger partial charge < -0.3 is 14.6 Å². The number of hydrogen-bond acceptors (Lipinski definition) is 3. The van der Waals surface area contributed by atoms with Crippen molar-refractivity contribution < 1.29 is 14.6 Å². The van der Waals surface area contributed by atoms with E-state index in [0.29, 0.717) is 5.92 Å². The molecule has 0 aliphatic heterocycles. The van der Waals surface area contributed by atoms with Crippen LogP contribution < -0.4 is 9.47 Å². The van der Waals surface area contributed by atoms with E-state index in [-0.39, 0.29) is 0 Å². The maximum absolute atomic E-state index is 10.8. The number of methoxy groups -OCH3 is 2. The van der Waals surface area contributed by atoms with E-state index in [9.17, 15) is 5.11 Å². The summed E-state index contributed by atoms with van der Waals surface area (Å²) in [6.45, 7) is 0. The Morgan fingerprint density at radius 2 is 1.65 bits per heavy atom. The molecule has 20 heavy (non-hydrogen) atoms. The molecular formula is C17H26O3. The summed E-state index contributed by atoms with van der Waals surface area (Å²) in [4.78, 5) is 0. The molecule has 1 aromatic rings. The van der Waals surface area contributed by atoms with Crippen molar-refractivity contribution in [3.05, 3.63) is 23.8 Å². The Labute approximate surface area is 121 Å². The molecule has 1 unspecified atom stereocenters. The lowest BCUT2D eigenvalue weighted by atomic mass is 9.84. The molecule has 3 nitrogen and oxygen atoms in total. The summed E-state index contributed by atoms with van der Waals surface area (Å²) in [6, 6.07) is 5.65. The highest BCUT2D eigenvalue weighted by Gasteiger charge is 2.24. The fourth-order valence-corrected chi connectivity index (χ4v) is 3.13. The summed E-state index contributed by atoms with van der Waals surface area (Å²) in [6.07, 6.45) is 8.09. The second-order valence-corrected chi connectivity index (χ2v) is 5.66. The zero-order valence-corrected chi connectivity index (χ0v) is 12.6. The van der Waals surface area contributed by atoms with Gasteiger partial charge in [0.2, 0.25) is 0 Å². The molecule has 1 aliphatic carbocycles. The molecule has 2 rings (SSSR count). The molecule has 1 aromatic carbocycles. The van der Waals surface area contributed by atoms with Crippen LogP contribution in [0.2, 0.25) is 0 Å². The summed E-state index contributed by atoms with van der Waals surface area (Å²) < 4.78 is 10.7. The van der Waals surface area contributed by atoms with Crippen LogP contribution in [0, 0.1) is 5.92 Å². The number of aliphatic hydroxyl groups excluding tert-OH is 1. The van der Waals surface area contributed by atoms with Gasteiger partial charge in [-0.25, -0.2) is 0 Å². The summed E-state index contributed by atoms with van der Waals surface area (Å²) in [7, 11) is 3.30. The number of benzene rings is 1. The minimum absolute atomic E-state index is 0.330. The SMILES string of the molecule is COc1ccc(OC)c(C(O)C2CCCCCCC2)c1. The highest BCUT2D eigenvalue weighted by Crippen LogP contribution is 2.38. The maximum atomic E-state index is 10.8. The molecule has 3 heteroatoms. The van der Waals surface area contributed by atoms with Gasteiger partial charge in [-0.15, -0.1) is 0 Å². The van der Waals surface area contributed by atoms with Crippen LogP contribution in [0.15, 0.2) is 18.2 Å². The maximum Gasteiger partial charge on any atom is 0.124 e. The Hall–Kier alpha value is -1.22. The zero-order valence-electron chi connectivity index (χ0n) is 12.6. The van der Waals surface area contributed by atoms with Gasteiger partial charge in [0.25, 0.3) is 0 Å². The minimum atomic E-state index is -0.460. The lowest BCUT2D eigenvalue weighted by Gasteiger charge is -2.26. The molecule has 1 aliphatic rings. The molecule has 0 aromatic heterocycles. The van der Waals surface area contributed by atoms with E-state index in [1.807, 2.05) is 18.2 Å². The molecular weight excluding hydrogens is 252 g/mol. The molecule has 1 N–H and O–H groups in total. The van der Waals surface area contributed by atoms with Crippen molar-refractivity contribution in [2.75, 3.05) is 14.2 Å². The quantitative estimate of drug-likeness (QED) is 0.901. The minimum Gasteiger partial charge on any atom is -0.497 e. The lowest BCUT2D eigenvalue weighted by Crippen LogP contribution is -2.15. The first-order valence-corrected chi connectivity index (χ1v) is 7.66. The first-order chi connectivity index (χ1) is 9.76. The van der Waals surface area contributed by atoms with Crippen LogP contribution in [-0.4, -0.2) is 19.3 Å². The monoisotopic (exact) mass is 278 g/mol. The van der Waals surface area contributed by atoms with Crippen LogP contribution in [0.1, 0.15) is 56.6 Å². The molecule has 0 heterocycles. The Morgan fingerprint density at radius 3 is 2.25 bits per heavy atom. The van der Waals surface area contributed by atoms with Crippen molar-refractivity contribution in [2.24, 2.45) is 5.92 Å². The lowest BCUT2D eigenvalue weighted by molar-refractivity contribution is 0.0885. The molecule has 1 fully saturated rings. The fraction of sp³-hybridized carbons (Fsp3) is 0.647. The third kappa shape index (κ3) is 3.66. The van der Waals surface area contributed by atoms with Gasteiger partial charge in [-0.2, -0.15) is 0 Å². The Morgan fingerprint density at radius 1 is 1.00 bits per heavy atom. The van der Waals surface area contributed by atoms with Gasteiger partial charge in [-0.1, -0.05) is 32.1 Å². The van der Waals surface area contributed by atoms with E-state index >= 15 is 0 Å². The molecule has 0 amide bonds. The Balaban J connectivity index is 2.18. The van der Waals surface area contributed by atoms with Crippen molar-refractivity contribution >= 4 is 0 Å². The van der Waals surface area contributed by atoms with E-state index in [1.54, 1.807) is 14.2 Å². The van der Waals surface area contributed by atoms with Crippen molar-refractivity contribution in [3.8, 4) is 11.5 Å². The van der Waals surface area contributed by atoms with Crippen LogP contribution in [0.3, 0.4) is 0 Å². The highest BCUT2D eigenvalue weighted by atomic mass is 16.5. The van der Waals surface area contributed by atoms with E-state index in [4.69, 9.17) is 9.47 Å². The molecule has 0 spiro atoms. The highest BCUT2D eigenvalue weighted by molar-refractivity contribution is 5.41. The average molecular weight is 278 g/mol. The largest absolute Gasteiger partial charge is 0.497 e. The van der Waals surface area contributed by atoms with Crippen molar-refractivity contribution in [2.45, 2.75) is 51.0 Å². The fourth-order valence-electron chi connectivity index (χ4n) is 3.13. The Kier molecular flexibility index (Phi) is 5.72. The Bertz CT molecular complexity index is 409. The predicted molar refractivity (Wildman–Crippen MR) is 80.3 cm³/mol. The number of rotatable bonds is 4. The second-order valence-electron chi connectivity index (χ2n) is 5.66. The molecule has 0 saturated heterocycles. The summed E-state index contributed by atoms with van der Waals surface area (Å²) in [5.41, 5.74) is 0.859. The van der Waals surface area contributed by atoms with Crippen molar-refractivity contribution in [1.29, 1.82) is 0 Å². The normalized spacial score (nSPS) is 18.9. The third-order valence-corrected chi connectivity index (χ3v) is 4.35. The molecule has 0 bridgehead atoms.